The average molecular weight is 454 g/mol. The van der Waals surface area contributed by atoms with E-state index < -0.39 is 22.5 Å². The second-order valence-electron chi connectivity index (χ2n) is 6.88. The highest BCUT2D eigenvalue weighted by Crippen LogP contribution is 2.25. The molecule has 0 heterocycles. The van der Waals surface area contributed by atoms with Crippen LogP contribution in [0.4, 0.5) is 11.4 Å². The number of rotatable bonds is 7. The maximum atomic E-state index is 13.3. The first-order valence-electron chi connectivity index (χ1n) is 9.40. The molecule has 158 valence electrons. The van der Waals surface area contributed by atoms with Crippen LogP contribution < -0.4 is 9.62 Å². The molecule has 0 unspecified atom stereocenters. The van der Waals surface area contributed by atoms with Gasteiger partial charge in [0.15, 0.2) is 0 Å². The van der Waals surface area contributed by atoms with Gasteiger partial charge in [-0.3, -0.25) is 9.10 Å². The van der Waals surface area contributed by atoms with E-state index in [0.717, 1.165) is 15.4 Å². The van der Waals surface area contributed by atoms with Crippen molar-refractivity contribution >= 4 is 38.9 Å². The van der Waals surface area contributed by atoms with Gasteiger partial charge in [0.1, 0.15) is 6.54 Å². The van der Waals surface area contributed by atoms with Crippen LogP contribution in [0.2, 0.25) is 5.02 Å². The number of halogens is 1. The van der Waals surface area contributed by atoms with Crippen LogP contribution in [0.1, 0.15) is 11.1 Å². The lowest BCUT2D eigenvalue weighted by atomic mass is 10.1. The monoisotopic (exact) mass is 453 g/mol. The zero-order valence-corrected chi connectivity index (χ0v) is 18.3. The van der Waals surface area contributed by atoms with Crippen LogP contribution in [0.15, 0.2) is 77.7 Å². The van der Waals surface area contributed by atoms with Crippen molar-refractivity contribution in [2.75, 3.05) is 16.2 Å². The van der Waals surface area contributed by atoms with Gasteiger partial charge in [0.05, 0.1) is 23.1 Å². The summed E-state index contributed by atoms with van der Waals surface area (Å²) in [4.78, 5) is 12.8. The Kier molecular flexibility index (Phi) is 6.95. The molecule has 0 radical (unpaired) electrons. The highest BCUT2D eigenvalue weighted by molar-refractivity contribution is 7.92. The summed E-state index contributed by atoms with van der Waals surface area (Å²) in [6.07, 6.45) is 0.273. The molecule has 3 aromatic carbocycles. The normalized spacial score (nSPS) is 10.9. The van der Waals surface area contributed by atoms with Gasteiger partial charge in [0.25, 0.3) is 10.0 Å². The van der Waals surface area contributed by atoms with Gasteiger partial charge in [-0.25, -0.2) is 8.42 Å². The number of sulfonamides is 1. The molecular formula is C23H20ClN3O3S. The Hall–Kier alpha value is -3.34. The van der Waals surface area contributed by atoms with Gasteiger partial charge in [-0.15, -0.1) is 0 Å². The second-order valence-corrected chi connectivity index (χ2v) is 9.18. The summed E-state index contributed by atoms with van der Waals surface area (Å²) in [7, 11) is -4.01. The third-order valence-corrected chi connectivity index (χ3v) is 6.54. The number of amides is 1. The molecule has 0 aliphatic rings. The zero-order valence-electron chi connectivity index (χ0n) is 16.7. The number of carbonyl (C=O) groups excluding carboxylic acids is 1. The van der Waals surface area contributed by atoms with E-state index in [4.69, 9.17) is 16.9 Å². The fourth-order valence-electron chi connectivity index (χ4n) is 2.96. The summed E-state index contributed by atoms with van der Waals surface area (Å²) in [6.45, 7) is 1.44. The molecule has 1 N–H and O–H groups in total. The third kappa shape index (κ3) is 5.63. The van der Waals surface area contributed by atoms with Gasteiger partial charge in [-0.1, -0.05) is 35.9 Å². The summed E-state index contributed by atoms with van der Waals surface area (Å²) in [5.74, 6) is -0.493. The molecule has 31 heavy (non-hydrogen) atoms. The lowest BCUT2D eigenvalue weighted by Crippen LogP contribution is -2.38. The van der Waals surface area contributed by atoms with Gasteiger partial charge in [0, 0.05) is 10.7 Å². The van der Waals surface area contributed by atoms with E-state index in [2.05, 4.69) is 11.4 Å². The van der Waals surface area contributed by atoms with Crippen molar-refractivity contribution in [3.63, 3.8) is 0 Å². The van der Waals surface area contributed by atoms with Crippen LogP contribution in [-0.2, 0) is 21.2 Å². The zero-order chi connectivity index (χ0) is 22.4. The Morgan fingerprint density at radius 2 is 1.74 bits per heavy atom. The smallest absolute Gasteiger partial charge is 0.264 e. The second kappa shape index (κ2) is 9.65. The number of aryl methyl sites for hydroxylation is 1. The topological polar surface area (TPSA) is 90.3 Å². The molecule has 0 spiro atoms. The summed E-state index contributed by atoms with van der Waals surface area (Å²) in [6, 6.07) is 21.6. The maximum Gasteiger partial charge on any atom is 0.264 e. The minimum Gasteiger partial charge on any atom is -0.325 e. The fourth-order valence-corrected chi connectivity index (χ4v) is 4.50. The van der Waals surface area contributed by atoms with E-state index >= 15 is 0 Å². The molecular weight excluding hydrogens is 434 g/mol. The van der Waals surface area contributed by atoms with Crippen molar-refractivity contribution in [1.82, 2.24) is 0 Å². The first kappa shape index (κ1) is 22.3. The van der Waals surface area contributed by atoms with Gasteiger partial charge in [0.2, 0.25) is 5.91 Å². The highest BCUT2D eigenvalue weighted by Gasteiger charge is 2.27. The van der Waals surface area contributed by atoms with Crippen molar-refractivity contribution in [3.8, 4) is 6.07 Å². The Morgan fingerprint density at radius 1 is 1.06 bits per heavy atom. The van der Waals surface area contributed by atoms with Crippen LogP contribution in [0.5, 0.6) is 0 Å². The third-order valence-electron chi connectivity index (χ3n) is 4.50. The van der Waals surface area contributed by atoms with E-state index in [9.17, 15) is 13.2 Å². The van der Waals surface area contributed by atoms with Crippen molar-refractivity contribution < 1.29 is 13.2 Å². The Morgan fingerprint density at radius 3 is 2.35 bits per heavy atom. The van der Waals surface area contributed by atoms with Crippen molar-refractivity contribution in [2.24, 2.45) is 0 Å². The lowest BCUT2D eigenvalue weighted by Gasteiger charge is -2.24. The lowest BCUT2D eigenvalue weighted by molar-refractivity contribution is -0.114. The first-order valence-corrected chi connectivity index (χ1v) is 11.2. The molecule has 0 saturated heterocycles. The number of nitrogens with zero attached hydrogens (tertiary/aromatic N) is 2. The number of anilines is 2. The molecule has 0 saturated carbocycles. The predicted molar refractivity (Wildman–Crippen MR) is 122 cm³/mol. The van der Waals surface area contributed by atoms with Gasteiger partial charge in [-0.2, -0.15) is 5.26 Å². The predicted octanol–water partition coefficient (Wildman–Crippen LogP) is 4.55. The van der Waals surface area contributed by atoms with E-state index in [-0.39, 0.29) is 11.3 Å². The molecule has 0 aliphatic carbocycles. The van der Waals surface area contributed by atoms with Crippen LogP contribution in [-0.4, -0.2) is 20.9 Å². The minimum absolute atomic E-state index is 0.0343. The molecule has 1 amide bonds. The average Bonchev–Trinajstić information content (AvgIpc) is 2.74. The maximum absolute atomic E-state index is 13.3. The number of benzene rings is 3. The largest absolute Gasteiger partial charge is 0.325 e. The number of nitrogens with one attached hydrogen (secondary N) is 1. The number of hydrogen-bond acceptors (Lipinski definition) is 4. The van der Waals surface area contributed by atoms with Crippen LogP contribution >= 0.6 is 11.6 Å². The van der Waals surface area contributed by atoms with Crippen LogP contribution in [0.3, 0.4) is 0 Å². The SMILES string of the molecule is Cc1cccc(N(CC(=O)Nc2ccc(CC#N)cc2)S(=O)(=O)c2ccc(Cl)cc2)c1. The molecule has 8 heteroatoms. The van der Waals surface area contributed by atoms with E-state index in [0.29, 0.717) is 16.4 Å². The summed E-state index contributed by atoms with van der Waals surface area (Å²) < 4.78 is 27.7. The highest BCUT2D eigenvalue weighted by atomic mass is 35.5. The van der Waals surface area contributed by atoms with E-state index in [1.807, 2.05) is 13.0 Å². The molecule has 0 fully saturated rings. The number of hydrogen-bond donors (Lipinski definition) is 1. The molecule has 0 atom stereocenters. The molecule has 6 nitrogen and oxygen atoms in total. The van der Waals surface area contributed by atoms with Crippen molar-refractivity contribution in [2.45, 2.75) is 18.2 Å². The summed E-state index contributed by atoms with van der Waals surface area (Å²) in [5, 5.41) is 11.9. The fraction of sp³-hybridized carbons (Fsp3) is 0.130. The first-order chi connectivity index (χ1) is 14.8. The molecule has 3 rings (SSSR count). The molecule has 0 aliphatic heterocycles. The molecule has 0 bridgehead atoms. The van der Waals surface area contributed by atoms with E-state index in [1.54, 1.807) is 42.5 Å². The molecule has 0 aromatic heterocycles. The summed E-state index contributed by atoms with van der Waals surface area (Å²) in [5.41, 5.74) is 2.59. The Balaban J connectivity index is 1.89. The summed E-state index contributed by atoms with van der Waals surface area (Å²) >= 11 is 5.89. The van der Waals surface area contributed by atoms with Crippen molar-refractivity contribution in [1.29, 1.82) is 5.26 Å². The number of carbonyl (C=O) groups is 1. The Labute approximate surface area is 186 Å². The Bertz CT molecular complexity index is 1220. The van der Waals surface area contributed by atoms with Crippen molar-refractivity contribution in [3.05, 3.63) is 88.9 Å². The van der Waals surface area contributed by atoms with E-state index in [1.165, 1.54) is 24.3 Å². The van der Waals surface area contributed by atoms with Gasteiger partial charge < -0.3 is 5.32 Å². The quantitative estimate of drug-likeness (QED) is 0.568. The standard InChI is InChI=1S/C23H20ClN3O3S/c1-17-3-2-4-21(15-17)27(31(29,30)22-11-7-19(24)8-12-22)16-23(28)26-20-9-5-18(6-10-20)13-14-25/h2-12,15H,13,16H2,1H3,(H,26,28). The van der Waals surface area contributed by atoms with Gasteiger partial charge in [-0.05, 0) is 66.6 Å². The number of nitriles is 1. The van der Waals surface area contributed by atoms with Gasteiger partial charge >= 0.3 is 0 Å². The molecule has 3 aromatic rings. The van der Waals surface area contributed by atoms with Crippen LogP contribution in [0, 0.1) is 18.3 Å². The van der Waals surface area contributed by atoms with Crippen LogP contribution in [0.25, 0.3) is 0 Å². The minimum atomic E-state index is -4.01.